The zero-order valence-corrected chi connectivity index (χ0v) is 10.5. The molecular formula is C14H26O2. The molecule has 0 aromatic heterocycles. The molecule has 0 radical (unpaired) electrons. The van der Waals surface area contributed by atoms with Gasteiger partial charge in [-0.25, -0.2) is 0 Å². The van der Waals surface area contributed by atoms with Crippen molar-refractivity contribution in [2.45, 2.75) is 83.0 Å². The standard InChI is InChI=1S/C14H26O2/c1-2-11-5-3-4-6-14(11)16-13-9-7-12(15)8-10-13/h11-15H,2-10H2,1H3. The minimum absolute atomic E-state index is 0.0619. The molecule has 2 aliphatic carbocycles. The molecule has 2 rings (SSSR count). The van der Waals surface area contributed by atoms with E-state index in [1.165, 1.54) is 32.1 Å². The monoisotopic (exact) mass is 226 g/mol. The van der Waals surface area contributed by atoms with Crippen molar-refractivity contribution >= 4 is 0 Å². The number of rotatable bonds is 3. The predicted molar refractivity (Wildman–Crippen MR) is 65.4 cm³/mol. The lowest BCUT2D eigenvalue weighted by Crippen LogP contribution is -2.34. The third kappa shape index (κ3) is 3.21. The summed E-state index contributed by atoms with van der Waals surface area (Å²) in [5.41, 5.74) is 0. The molecule has 2 heteroatoms. The van der Waals surface area contributed by atoms with Gasteiger partial charge in [-0.15, -0.1) is 0 Å². The Labute approximate surface area is 99.4 Å². The molecule has 0 heterocycles. The number of ether oxygens (including phenoxy) is 1. The molecule has 0 bridgehead atoms. The zero-order valence-electron chi connectivity index (χ0n) is 10.5. The summed E-state index contributed by atoms with van der Waals surface area (Å²) in [6.45, 7) is 2.29. The molecule has 16 heavy (non-hydrogen) atoms. The second-order valence-corrected chi connectivity index (χ2v) is 5.56. The molecule has 0 aromatic rings. The number of aliphatic hydroxyl groups excluding tert-OH is 1. The van der Waals surface area contributed by atoms with Gasteiger partial charge in [0.25, 0.3) is 0 Å². The second kappa shape index (κ2) is 6.02. The van der Waals surface area contributed by atoms with Crippen LogP contribution in [0.2, 0.25) is 0 Å². The Balaban J connectivity index is 1.78. The molecule has 0 aromatic carbocycles. The first-order chi connectivity index (χ1) is 7.79. The van der Waals surface area contributed by atoms with Crippen LogP contribution >= 0.6 is 0 Å². The van der Waals surface area contributed by atoms with Crippen LogP contribution in [0.4, 0.5) is 0 Å². The van der Waals surface area contributed by atoms with Gasteiger partial charge in [-0.2, -0.15) is 0 Å². The van der Waals surface area contributed by atoms with E-state index in [0.717, 1.165) is 31.6 Å². The lowest BCUT2D eigenvalue weighted by Gasteiger charge is -2.36. The Hall–Kier alpha value is -0.0800. The molecule has 2 atom stereocenters. The first-order valence-electron chi connectivity index (χ1n) is 7.13. The SMILES string of the molecule is CCC1CCCCC1OC1CCC(O)CC1. The smallest absolute Gasteiger partial charge is 0.0606 e. The van der Waals surface area contributed by atoms with E-state index < -0.39 is 0 Å². The van der Waals surface area contributed by atoms with Crippen LogP contribution in [0.1, 0.15) is 64.7 Å². The van der Waals surface area contributed by atoms with Gasteiger partial charge in [-0.05, 0) is 44.4 Å². The average molecular weight is 226 g/mol. The van der Waals surface area contributed by atoms with Crippen LogP contribution in [0, 0.1) is 5.92 Å². The highest BCUT2D eigenvalue weighted by atomic mass is 16.5. The summed E-state index contributed by atoms with van der Waals surface area (Å²) in [4.78, 5) is 0. The Morgan fingerprint density at radius 2 is 1.69 bits per heavy atom. The Bertz CT molecular complexity index is 197. The van der Waals surface area contributed by atoms with Gasteiger partial charge in [0, 0.05) is 0 Å². The molecule has 2 saturated carbocycles. The molecule has 94 valence electrons. The highest BCUT2D eigenvalue weighted by molar-refractivity contribution is 4.79. The van der Waals surface area contributed by atoms with Crippen LogP contribution in [0.15, 0.2) is 0 Å². The second-order valence-electron chi connectivity index (χ2n) is 5.56. The van der Waals surface area contributed by atoms with Gasteiger partial charge in [0.15, 0.2) is 0 Å². The van der Waals surface area contributed by atoms with Crippen LogP contribution < -0.4 is 0 Å². The van der Waals surface area contributed by atoms with E-state index in [2.05, 4.69) is 6.92 Å². The van der Waals surface area contributed by atoms with Crippen molar-refractivity contribution in [2.24, 2.45) is 5.92 Å². The van der Waals surface area contributed by atoms with Crippen molar-refractivity contribution in [1.29, 1.82) is 0 Å². The fraction of sp³-hybridized carbons (Fsp3) is 1.00. The summed E-state index contributed by atoms with van der Waals surface area (Å²) in [7, 11) is 0. The summed E-state index contributed by atoms with van der Waals surface area (Å²) in [6, 6.07) is 0. The Morgan fingerprint density at radius 3 is 2.38 bits per heavy atom. The Kier molecular flexibility index (Phi) is 4.66. The highest BCUT2D eigenvalue weighted by Crippen LogP contribution is 2.32. The van der Waals surface area contributed by atoms with E-state index in [1.807, 2.05) is 0 Å². The highest BCUT2D eigenvalue weighted by Gasteiger charge is 2.28. The first-order valence-corrected chi connectivity index (χ1v) is 7.13. The van der Waals surface area contributed by atoms with Gasteiger partial charge < -0.3 is 9.84 Å². The summed E-state index contributed by atoms with van der Waals surface area (Å²) in [5, 5.41) is 9.48. The van der Waals surface area contributed by atoms with Crippen LogP contribution in [0.25, 0.3) is 0 Å². The van der Waals surface area contributed by atoms with Crippen molar-refractivity contribution in [1.82, 2.24) is 0 Å². The average Bonchev–Trinajstić information content (AvgIpc) is 2.33. The van der Waals surface area contributed by atoms with Gasteiger partial charge in [-0.1, -0.05) is 26.2 Å². The maximum Gasteiger partial charge on any atom is 0.0606 e. The molecular weight excluding hydrogens is 200 g/mol. The molecule has 0 spiro atoms. The molecule has 0 amide bonds. The van der Waals surface area contributed by atoms with Crippen molar-refractivity contribution in [3.63, 3.8) is 0 Å². The summed E-state index contributed by atoms with van der Waals surface area (Å²) < 4.78 is 6.27. The number of aliphatic hydroxyl groups is 1. The fourth-order valence-electron chi connectivity index (χ4n) is 3.25. The molecule has 0 saturated heterocycles. The first kappa shape index (κ1) is 12.4. The summed E-state index contributed by atoms with van der Waals surface area (Å²) >= 11 is 0. The number of hydrogen-bond acceptors (Lipinski definition) is 2. The van der Waals surface area contributed by atoms with Gasteiger partial charge >= 0.3 is 0 Å². The summed E-state index contributed by atoms with van der Waals surface area (Å²) in [5.74, 6) is 0.792. The van der Waals surface area contributed by atoms with Crippen LogP contribution in [0.5, 0.6) is 0 Å². The molecule has 1 N–H and O–H groups in total. The largest absolute Gasteiger partial charge is 0.393 e. The van der Waals surface area contributed by atoms with E-state index in [9.17, 15) is 5.11 Å². The molecule has 0 aliphatic heterocycles. The lowest BCUT2D eigenvalue weighted by atomic mass is 9.84. The zero-order chi connectivity index (χ0) is 11.4. The molecule has 2 nitrogen and oxygen atoms in total. The van der Waals surface area contributed by atoms with Crippen molar-refractivity contribution in [3.05, 3.63) is 0 Å². The van der Waals surface area contributed by atoms with Crippen LogP contribution in [0.3, 0.4) is 0 Å². The van der Waals surface area contributed by atoms with E-state index in [4.69, 9.17) is 4.74 Å². The van der Waals surface area contributed by atoms with Crippen molar-refractivity contribution < 1.29 is 9.84 Å². The van der Waals surface area contributed by atoms with E-state index in [-0.39, 0.29) is 6.10 Å². The molecule has 2 fully saturated rings. The minimum Gasteiger partial charge on any atom is -0.393 e. The predicted octanol–water partition coefficient (Wildman–Crippen LogP) is 3.28. The van der Waals surface area contributed by atoms with Crippen molar-refractivity contribution in [3.8, 4) is 0 Å². The van der Waals surface area contributed by atoms with E-state index in [1.54, 1.807) is 0 Å². The number of hydrogen-bond donors (Lipinski definition) is 1. The van der Waals surface area contributed by atoms with E-state index >= 15 is 0 Å². The fourth-order valence-corrected chi connectivity index (χ4v) is 3.25. The Morgan fingerprint density at radius 1 is 1.00 bits per heavy atom. The lowest BCUT2D eigenvalue weighted by molar-refractivity contribution is -0.0839. The van der Waals surface area contributed by atoms with Crippen molar-refractivity contribution in [2.75, 3.05) is 0 Å². The van der Waals surface area contributed by atoms with E-state index in [0.29, 0.717) is 12.2 Å². The maximum absolute atomic E-state index is 9.48. The third-order valence-electron chi connectivity index (χ3n) is 4.37. The normalized spacial score (nSPS) is 40.9. The quantitative estimate of drug-likeness (QED) is 0.800. The van der Waals surface area contributed by atoms with Gasteiger partial charge in [0.2, 0.25) is 0 Å². The molecule has 2 unspecified atom stereocenters. The van der Waals surface area contributed by atoms with Gasteiger partial charge in [0.05, 0.1) is 18.3 Å². The topological polar surface area (TPSA) is 29.5 Å². The van der Waals surface area contributed by atoms with Crippen LogP contribution in [-0.4, -0.2) is 23.4 Å². The van der Waals surface area contributed by atoms with Gasteiger partial charge in [-0.3, -0.25) is 0 Å². The van der Waals surface area contributed by atoms with Crippen LogP contribution in [-0.2, 0) is 4.74 Å². The third-order valence-corrected chi connectivity index (χ3v) is 4.37. The minimum atomic E-state index is -0.0619. The van der Waals surface area contributed by atoms with Gasteiger partial charge in [0.1, 0.15) is 0 Å². The summed E-state index contributed by atoms with van der Waals surface area (Å²) in [6.07, 6.45) is 11.5. The maximum atomic E-state index is 9.48. The molecule has 2 aliphatic rings.